The summed E-state index contributed by atoms with van der Waals surface area (Å²) in [5.41, 5.74) is 3.40. The number of carbonyl (C=O) groups excluding carboxylic acids is 2. The molecule has 1 saturated heterocycles. The van der Waals surface area contributed by atoms with Gasteiger partial charge in [0.25, 0.3) is 5.91 Å². The molecule has 5 rings (SSSR count). The van der Waals surface area contributed by atoms with Gasteiger partial charge in [0.2, 0.25) is 0 Å². The second-order valence-corrected chi connectivity index (χ2v) is 8.87. The van der Waals surface area contributed by atoms with Gasteiger partial charge in [-0.2, -0.15) is 5.10 Å². The molecule has 0 unspecified atom stereocenters. The lowest BCUT2D eigenvalue weighted by Crippen LogP contribution is -2.47. The summed E-state index contributed by atoms with van der Waals surface area (Å²) in [4.78, 5) is 32.7. The van der Waals surface area contributed by atoms with Crippen LogP contribution in [-0.4, -0.2) is 70.0 Å². The summed E-state index contributed by atoms with van der Waals surface area (Å²) in [5.74, 6) is 0.605. The number of anilines is 2. The van der Waals surface area contributed by atoms with Crippen LogP contribution in [0.25, 0.3) is 5.65 Å². The zero-order valence-corrected chi connectivity index (χ0v) is 18.2. The maximum absolute atomic E-state index is 13.2. The quantitative estimate of drug-likeness (QED) is 0.614. The predicted octanol–water partition coefficient (Wildman–Crippen LogP) is 2.02. The van der Waals surface area contributed by atoms with Gasteiger partial charge in [0, 0.05) is 56.6 Å². The van der Waals surface area contributed by atoms with Crippen molar-refractivity contribution in [2.45, 2.75) is 25.9 Å². The normalized spacial score (nSPS) is 17.8. The molecule has 9 nitrogen and oxygen atoms in total. The number of amides is 1. The number of ether oxygens (including phenoxy) is 1. The number of hydrogen-bond donors (Lipinski definition) is 1. The molecular formula is C23H26N6O3. The van der Waals surface area contributed by atoms with Crippen LogP contribution in [-0.2, 0) is 11.2 Å². The van der Waals surface area contributed by atoms with Gasteiger partial charge in [0.05, 0.1) is 24.1 Å². The summed E-state index contributed by atoms with van der Waals surface area (Å²) in [5, 5.41) is 7.32. The fraction of sp³-hybridized carbons (Fsp3) is 0.391. The van der Waals surface area contributed by atoms with Crippen molar-refractivity contribution in [1.29, 1.82) is 0 Å². The minimum Gasteiger partial charge on any atom is -0.487 e. The maximum Gasteiger partial charge on any atom is 0.261 e. The average molecular weight is 435 g/mol. The second kappa shape index (κ2) is 7.90. The van der Waals surface area contributed by atoms with Crippen molar-refractivity contribution in [2.75, 3.05) is 42.9 Å². The largest absolute Gasteiger partial charge is 0.487 e. The Balaban J connectivity index is 1.47. The molecule has 32 heavy (non-hydrogen) atoms. The number of benzene rings is 1. The number of aromatic nitrogens is 3. The van der Waals surface area contributed by atoms with Crippen molar-refractivity contribution in [3.63, 3.8) is 0 Å². The molecule has 1 amide bonds. The van der Waals surface area contributed by atoms with E-state index in [0.717, 1.165) is 61.6 Å². The molecule has 1 N–H and O–H groups in total. The van der Waals surface area contributed by atoms with Crippen molar-refractivity contribution in [1.82, 2.24) is 19.5 Å². The van der Waals surface area contributed by atoms with E-state index in [4.69, 9.17) is 4.74 Å². The SMILES string of the molecule is CC1(C)Cc2cc(NC(=O)c3cnn4cccnc34)c(N3CCN(CC=O)CC3)cc2O1. The van der Waals surface area contributed by atoms with Gasteiger partial charge in [0.1, 0.15) is 23.2 Å². The van der Waals surface area contributed by atoms with Gasteiger partial charge in [-0.25, -0.2) is 9.50 Å². The molecule has 0 bridgehead atoms. The van der Waals surface area contributed by atoms with E-state index in [1.165, 1.54) is 6.20 Å². The van der Waals surface area contributed by atoms with E-state index in [0.29, 0.717) is 17.8 Å². The number of nitrogens with zero attached hydrogens (tertiary/aromatic N) is 5. The van der Waals surface area contributed by atoms with Crippen LogP contribution < -0.4 is 15.0 Å². The molecule has 4 heterocycles. The Morgan fingerprint density at radius 2 is 2.06 bits per heavy atom. The summed E-state index contributed by atoms with van der Waals surface area (Å²) in [6, 6.07) is 5.82. The van der Waals surface area contributed by atoms with Crippen molar-refractivity contribution >= 4 is 29.2 Å². The first-order valence-corrected chi connectivity index (χ1v) is 10.8. The highest BCUT2D eigenvalue weighted by Crippen LogP contribution is 2.42. The molecule has 0 aliphatic carbocycles. The van der Waals surface area contributed by atoms with Crippen molar-refractivity contribution in [3.8, 4) is 5.75 Å². The van der Waals surface area contributed by atoms with Crippen LogP contribution in [0.4, 0.5) is 11.4 Å². The van der Waals surface area contributed by atoms with Gasteiger partial charge in [-0.15, -0.1) is 0 Å². The fourth-order valence-corrected chi connectivity index (χ4v) is 4.46. The molecule has 2 aromatic heterocycles. The van der Waals surface area contributed by atoms with Crippen LogP contribution in [0.5, 0.6) is 5.75 Å². The van der Waals surface area contributed by atoms with Crippen molar-refractivity contribution in [2.24, 2.45) is 0 Å². The molecule has 0 radical (unpaired) electrons. The molecule has 2 aliphatic rings. The van der Waals surface area contributed by atoms with Crippen molar-refractivity contribution < 1.29 is 14.3 Å². The molecule has 0 spiro atoms. The highest BCUT2D eigenvalue weighted by Gasteiger charge is 2.32. The number of hydrogen-bond acceptors (Lipinski definition) is 7. The summed E-state index contributed by atoms with van der Waals surface area (Å²) in [7, 11) is 0. The van der Waals surface area contributed by atoms with E-state index in [-0.39, 0.29) is 11.5 Å². The number of aldehydes is 1. The van der Waals surface area contributed by atoms with Crippen LogP contribution in [0.3, 0.4) is 0 Å². The molecule has 0 atom stereocenters. The lowest BCUT2D eigenvalue weighted by molar-refractivity contribution is -0.108. The Morgan fingerprint density at radius 3 is 2.84 bits per heavy atom. The zero-order chi connectivity index (χ0) is 22.3. The smallest absolute Gasteiger partial charge is 0.261 e. The van der Waals surface area contributed by atoms with E-state index < -0.39 is 0 Å². The number of nitrogens with one attached hydrogen (secondary N) is 1. The minimum atomic E-state index is -0.281. The first kappa shape index (κ1) is 20.4. The second-order valence-electron chi connectivity index (χ2n) is 8.87. The van der Waals surface area contributed by atoms with Gasteiger partial charge in [0.15, 0.2) is 5.65 Å². The number of carbonyl (C=O) groups is 2. The molecule has 1 aromatic carbocycles. The Hall–Kier alpha value is -3.46. The molecule has 3 aromatic rings. The first-order valence-electron chi connectivity index (χ1n) is 10.8. The lowest BCUT2D eigenvalue weighted by Gasteiger charge is -2.36. The number of rotatable bonds is 5. The first-order chi connectivity index (χ1) is 15.4. The summed E-state index contributed by atoms with van der Waals surface area (Å²) >= 11 is 0. The Labute approximate surface area is 186 Å². The Bertz CT molecular complexity index is 1180. The van der Waals surface area contributed by atoms with Crippen LogP contribution in [0.1, 0.15) is 29.8 Å². The number of fused-ring (bicyclic) bond motifs is 2. The minimum absolute atomic E-state index is 0.252. The van der Waals surface area contributed by atoms with Gasteiger partial charge in [-0.1, -0.05) is 0 Å². The molecular weight excluding hydrogens is 408 g/mol. The predicted molar refractivity (Wildman–Crippen MR) is 121 cm³/mol. The van der Waals surface area contributed by atoms with Crippen LogP contribution in [0.2, 0.25) is 0 Å². The average Bonchev–Trinajstić information content (AvgIpc) is 3.33. The van der Waals surface area contributed by atoms with E-state index in [1.54, 1.807) is 23.0 Å². The fourth-order valence-electron chi connectivity index (χ4n) is 4.46. The third-order valence-electron chi connectivity index (χ3n) is 6.00. The van der Waals surface area contributed by atoms with Crippen LogP contribution in [0.15, 0.2) is 36.8 Å². The van der Waals surface area contributed by atoms with E-state index in [9.17, 15) is 9.59 Å². The molecule has 9 heteroatoms. The van der Waals surface area contributed by atoms with Gasteiger partial charge in [-0.3, -0.25) is 9.69 Å². The van der Waals surface area contributed by atoms with Gasteiger partial charge < -0.3 is 19.7 Å². The summed E-state index contributed by atoms with van der Waals surface area (Å²) in [6.45, 7) is 7.66. The molecule has 2 aliphatic heterocycles. The lowest BCUT2D eigenvalue weighted by atomic mass is 10.0. The third kappa shape index (κ3) is 3.80. The van der Waals surface area contributed by atoms with E-state index >= 15 is 0 Å². The molecule has 1 fully saturated rings. The van der Waals surface area contributed by atoms with Crippen LogP contribution in [0, 0.1) is 0 Å². The van der Waals surface area contributed by atoms with Gasteiger partial charge >= 0.3 is 0 Å². The zero-order valence-electron chi connectivity index (χ0n) is 18.2. The van der Waals surface area contributed by atoms with Gasteiger partial charge in [-0.05, 0) is 26.0 Å². The standard InChI is InChI=1S/C23H26N6O3/c1-23(2)14-16-12-18(26-22(31)17-15-25-29-5-3-4-24-21(17)29)19(13-20(16)32-23)28-8-6-27(7-9-28)10-11-30/h3-5,11-13,15H,6-10,14H2,1-2H3,(H,26,31). The van der Waals surface area contributed by atoms with Crippen LogP contribution >= 0.6 is 0 Å². The molecule has 0 saturated carbocycles. The Kier molecular flexibility index (Phi) is 5.05. The molecule has 166 valence electrons. The monoisotopic (exact) mass is 434 g/mol. The Morgan fingerprint density at radius 1 is 1.25 bits per heavy atom. The highest BCUT2D eigenvalue weighted by atomic mass is 16.5. The highest BCUT2D eigenvalue weighted by molar-refractivity contribution is 6.09. The summed E-state index contributed by atoms with van der Waals surface area (Å²) in [6.07, 6.45) is 6.66. The third-order valence-corrected chi connectivity index (χ3v) is 6.00. The summed E-state index contributed by atoms with van der Waals surface area (Å²) < 4.78 is 7.74. The van der Waals surface area contributed by atoms with Crippen molar-refractivity contribution in [3.05, 3.63) is 47.9 Å². The van der Waals surface area contributed by atoms with E-state index in [2.05, 4.69) is 39.0 Å². The van der Waals surface area contributed by atoms with E-state index in [1.807, 2.05) is 12.1 Å². The maximum atomic E-state index is 13.2. The topological polar surface area (TPSA) is 92.1 Å². The number of piperazine rings is 1.